The molecule has 0 spiro atoms. The molecule has 1 N–H and O–H groups in total. The van der Waals surface area contributed by atoms with Crippen LogP contribution < -0.4 is 0 Å². The first-order valence-corrected chi connectivity index (χ1v) is 15.7. The first-order valence-electron chi connectivity index (χ1n) is 18.2. The zero-order valence-corrected chi connectivity index (χ0v) is 29.2. The van der Waals surface area contributed by atoms with Gasteiger partial charge in [-0.2, -0.15) is 0 Å². The van der Waals surface area contributed by atoms with E-state index in [1.54, 1.807) is 30.5 Å². The van der Waals surface area contributed by atoms with Gasteiger partial charge < -0.3 is 14.5 Å². The molecule has 1 aromatic carbocycles. The van der Waals surface area contributed by atoms with Crippen LogP contribution in [0.15, 0.2) is 58.8 Å². The summed E-state index contributed by atoms with van der Waals surface area (Å²) in [5.74, 6) is 0.296. The third-order valence-electron chi connectivity index (χ3n) is 9.64. The number of hydrogen-bond donors (Lipinski definition) is 1. The quantitative estimate of drug-likeness (QED) is 0.0986. The van der Waals surface area contributed by atoms with Gasteiger partial charge in [-0.25, -0.2) is 4.98 Å². The van der Waals surface area contributed by atoms with Crippen molar-refractivity contribution in [3.63, 3.8) is 0 Å². The van der Waals surface area contributed by atoms with E-state index in [2.05, 4.69) is 16.0 Å². The van der Waals surface area contributed by atoms with Gasteiger partial charge in [0.15, 0.2) is 5.78 Å². The molecule has 0 amide bonds. The summed E-state index contributed by atoms with van der Waals surface area (Å²) in [5, 5.41) is 11.6. The average molecular weight is 779 g/mol. The van der Waals surface area contributed by atoms with Crippen LogP contribution in [0, 0.1) is 29.7 Å². The molecule has 0 atom stereocenters. The number of aromatic nitrogens is 2. The molecule has 5 rings (SSSR count). The Bertz CT molecular complexity index is 1770. The molecule has 0 bridgehead atoms. The molecule has 1 fully saturated rings. The third-order valence-corrected chi connectivity index (χ3v) is 9.64. The van der Waals surface area contributed by atoms with Gasteiger partial charge in [-0.1, -0.05) is 89.8 Å². The fraction of sp³-hybridized carbons (Fsp3) is 0.500. The van der Waals surface area contributed by atoms with Gasteiger partial charge in [-0.3, -0.25) is 4.79 Å². The second-order valence-corrected chi connectivity index (χ2v) is 12.2. The van der Waals surface area contributed by atoms with E-state index in [0.717, 1.165) is 62.1 Å². The summed E-state index contributed by atoms with van der Waals surface area (Å²) < 4.78 is 46.1. The number of nitrogens with zero attached hydrogens (tertiary/aromatic N) is 2. The van der Waals surface area contributed by atoms with Crippen molar-refractivity contribution >= 4 is 27.9 Å². The predicted molar refractivity (Wildman–Crippen MR) is 177 cm³/mol. The summed E-state index contributed by atoms with van der Waals surface area (Å²) in [6.07, 6.45) is 8.88. The molecule has 6 heteroatoms. The second kappa shape index (κ2) is 15.5. The maximum absolute atomic E-state index is 12.2. The number of allylic oxidation sites excluding steroid dienone is 2. The van der Waals surface area contributed by atoms with Crippen LogP contribution in [-0.2, 0) is 31.3 Å². The van der Waals surface area contributed by atoms with Gasteiger partial charge >= 0.3 is 0 Å². The Morgan fingerprint density at radius 3 is 2.39 bits per heavy atom. The second-order valence-electron chi connectivity index (χ2n) is 12.2. The molecular weight excluding hydrogens is 725 g/mol. The normalized spacial score (nSPS) is 16.7. The maximum atomic E-state index is 12.2. The minimum absolute atomic E-state index is 0. The van der Waals surface area contributed by atoms with Crippen LogP contribution in [0.25, 0.3) is 33.3 Å². The minimum atomic E-state index is -2.32. The summed E-state index contributed by atoms with van der Waals surface area (Å²) in [6, 6.07) is 13.5. The SMILES string of the molecule is CCC(C)(CC)C(=O)/C=C(\O)C(C)(CC)CC.[2H]C([2H])([2H])c1ccc2c(n1)oc1c(-c3cc(C([2H])([2H])C4CCCC4)ccn3)[c-]ccc12.[Ir]. The molecule has 0 saturated heterocycles. The molecule has 1 aliphatic carbocycles. The molecule has 1 saturated carbocycles. The van der Waals surface area contributed by atoms with E-state index in [4.69, 9.17) is 11.3 Å². The van der Waals surface area contributed by atoms with Gasteiger partial charge in [-0.15, -0.1) is 18.2 Å². The van der Waals surface area contributed by atoms with Gasteiger partial charge in [0.2, 0.25) is 5.71 Å². The molecule has 0 aliphatic heterocycles. The Balaban J connectivity index is 0.000000312. The monoisotopic (exact) mass is 779 g/mol. The number of aliphatic hydroxyl groups excluding tert-OH is 1. The molecule has 5 nitrogen and oxygen atoms in total. The maximum Gasteiger partial charge on any atom is 0.216 e. The molecule has 3 aromatic heterocycles. The summed E-state index contributed by atoms with van der Waals surface area (Å²) in [4.78, 5) is 20.8. The van der Waals surface area contributed by atoms with Crippen LogP contribution in [0.4, 0.5) is 0 Å². The molecule has 4 aromatic rings. The zero-order chi connectivity index (χ0) is 35.5. The van der Waals surface area contributed by atoms with Crippen molar-refractivity contribution in [1.82, 2.24) is 9.97 Å². The largest absolute Gasteiger partial charge is 0.512 e. The predicted octanol–water partition coefficient (Wildman–Crippen LogP) is 10.5. The minimum Gasteiger partial charge on any atom is -0.512 e. The number of carbonyl (C=O) groups is 1. The fourth-order valence-corrected chi connectivity index (χ4v) is 5.46. The number of fused-ring (bicyclic) bond motifs is 3. The molecule has 239 valence electrons. The number of furan rings is 1. The van der Waals surface area contributed by atoms with Gasteiger partial charge in [0.05, 0.1) is 5.58 Å². The van der Waals surface area contributed by atoms with Gasteiger partial charge in [0.25, 0.3) is 0 Å². The Labute approximate surface area is 284 Å². The van der Waals surface area contributed by atoms with Crippen molar-refractivity contribution < 1.29 is 41.3 Å². The number of aryl methyl sites for hydroxylation is 1. The zero-order valence-electron chi connectivity index (χ0n) is 31.8. The summed E-state index contributed by atoms with van der Waals surface area (Å²) in [5.41, 5.74) is 1.92. The number of pyridine rings is 2. The Hall–Kier alpha value is -2.82. The van der Waals surface area contributed by atoms with Gasteiger partial charge in [0, 0.05) is 61.1 Å². The topological polar surface area (TPSA) is 76.2 Å². The van der Waals surface area contributed by atoms with E-state index in [1.807, 2.05) is 47.6 Å². The van der Waals surface area contributed by atoms with Crippen molar-refractivity contribution in [2.45, 2.75) is 106 Å². The number of aliphatic hydroxyl groups is 1. The summed E-state index contributed by atoms with van der Waals surface area (Å²) in [6.45, 7) is 9.77. The fourth-order valence-electron chi connectivity index (χ4n) is 5.46. The van der Waals surface area contributed by atoms with Crippen molar-refractivity contribution in [1.29, 1.82) is 0 Å². The number of rotatable bonds is 10. The first kappa shape index (κ1) is 28.6. The van der Waals surface area contributed by atoms with E-state index >= 15 is 0 Å². The Morgan fingerprint density at radius 1 is 1.07 bits per heavy atom. The van der Waals surface area contributed by atoms with E-state index < -0.39 is 13.2 Å². The van der Waals surface area contributed by atoms with Crippen LogP contribution in [-0.4, -0.2) is 20.9 Å². The van der Waals surface area contributed by atoms with Gasteiger partial charge in [-0.05, 0) is 68.7 Å². The molecule has 3 heterocycles. The van der Waals surface area contributed by atoms with Crippen molar-refractivity contribution in [2.24, 2.45) is 16.7 Å². The molecular formula is C38H49IrN2O3-. The first-order chi connectivity index (χ1) is 22.5. The number of ketones is 1. The standard InChI is InChI=1S/C23H21N2O.C15H28O2.Ir/c1-15-9-10-19-18-7-4-8-20(22(18)26-23(19)25-15)21-14-17(11-12-24-21)13-16-5-2-3-6-16;1-7-14(5,8-2)12(16)11-13(17)15(6,9-3)10-4;/h4,7,9-12,14,16H,2-3,5-6,13H2,1H3;11,16H,7-10H2,1-6H3;/q-1;;/b;12-11-;/i1D3,13D2;;. The molecule has 1 aliphatic rings. The van der Waals surface area contributed by atoms with Crippen LogP contribution in [0.1, 0.15) is 111 Å². The van der Waals surface area contributed by atoms with E-state index in [9.17, 15) is 9.90 Å². The third kappa shape index (κ3) is 7.87. The summed E-state index contributed by atoms with van der Waals surface area (Å²) in [7, 11) is 0. The van der Waals surface area contributed by atoms with Crippen LogP contribution in [0.2, 0.25) is 0 Å². The van der Waals surface area contributed by atoms with E-state index in [1.165, 1.54) is 12.1 Å². The van der Waals surface area contributed by atoms with Crippen molar-refractivity contribution in [3.8, 4) is 11.3 Å². The molecule has 44 heavy (non-hydrogen) atoms. The summed E-state index contributed by atoms with van der Waals surface area (Å²) >= 11 is 0. The van der Waals surface area contributed by atoms with Gasteiger partial charge in [0.1, 0.15) is 5.76 Å². The molecule has 0 unspecified atom stereocenters. The van der Waals surface area contributed by atoms with Crippen LogP contribution >= 0.6 is 0 Å². The number of hydrogen-bond acceptors (Lipinski definition) is 5. The van der Waals surface area contributed by atoms with E-state index in [0.29, 0.717) is 22.4 Å². The average Bonchev–Trinajstić information content (AvgIpc) is 3.76. The number of carbonyl (C=O) groups excluding carboxylic acids is 1. The Kier molecular flexibility index (Phi) is 10.1. The van der Waals surface area contributed by atoms with Crippen molar-refractivity contribution in [2.75, 3.05) is 0 Å². The Morgan fingerprint density at radius 2 is 1.75 bits per heavy atom. The van der Waals surface area contributed by atoms with Crippen molar-refractivity contribution in [3.05, 3.63) is 71.8 Å². The van der Waals surface area contributed by atoms with Crippen LogP contribution in [0.5, 0.6) is 0 Å². The molecule has 1 radical (unpaired) electrons. The van der Waals surface area contributed by atoms with E-state index in [-0.39, 0.29) is 59.8 Å². The van der Waals surface area contributed by atoms with Crippen LogP contribution in [0.3, 0.4) is 0 Å². The number of benzene rings is 1. The smallest absolute Gasteiger partial charge is 0.216 e.